The molecule has 6 heteroatoms. The van der Waals surface area contributed by atoms with Crippen molar-refractivity contribution in [3.63, 3.8) is 0 Å². The summed E-state index contributed by atoms with van der Waals surface area (Å²) in [5.74, 6) is 1.63. The number of nitrogens with one attached hydrogen (secondary N) is 1. The molecule has 1 aromatic heterocycles. The standard InChI is InChI=1S/C10H15BrClN3O/c1-10(2,5-12)6-14-9-13-4-7(11)8(15-9)16-3/h4H,5-6H2,1-3H3,(H,13,14,15). The molecule has 4 nitrogen and oxygen atoms in total. The molecule has 1 heterocycles. The van der Waals surface area contributed by atoms with E-state index in [1.807, 2.05) is 0 Å². The Morgan fingerprint density at radius 1 is 1.56 bits per heavy atom. The van der Waals surface area contributed by atoms with Gasteiger partial charge in [-0.25, -0.2) is 4.98 Å². The highest BCUT2D eigenvalue weighted by molar-refractivity contribution is 9.10. The van der Waals surface area contributed by atoms with Crippen LogP contribution >= 0.6 is 27.5 Å². The van der Waals surface area contributed by atoms with Crippen LogP contribution in [-0.2, 0) is 0 Å². The fraction of sp³-hybridized carbons (Fsp3) is 0.600. The van der Waals surface area contributed by atoms with Crippen LogP contribution in [0.15, 0.2) is 10.7 Å². The van der Waals surface area contributed by atoms with E-state index in [4.69, 9.17) is 16.3 Å². The number of ether oxygens (including phenoxy) is 1. The summed E-state index contributed by atoms with van der Waals surface area (Å²) in [6.07, 6.45) is 1.65. The number of hydrogen-bond donors (Lipinski definition) is 1. The maximum atomic E-state index is 5.83. The molecule has 0 atom stereocenters. The molecule has 0 saturated heterocycles. The smallest absolute Gasteiger partial charge is 0.232 e. The lowest BCUT2D eigenvalue weighted by atomic mass is 9.97. The highest BCUT2D eigenvalue weighted by Gasteiger charge is 2.16. The number of aromatic nitrogens is 2. The molecule has 16 heavy (non-hydrogen) atoms. The Morgan fingerprint density at radius 3 is 2.81 bits per heavy atom. The van der Waals surface area contributed by atoms with Gasteiger partial charge in [0, 0.05) is 12.4 Å². The Bertz CT molecular complexity index is 360. The molecule has 0 aliphatic heterocycles. The minimum Gasteiger partial charge on any atom is -0.480 e. The number of nitrogens with zero attached hydrogens (tertiary/aromatic N) is 2. The van der Waals surface area contributed by atoms with Crippen LogP contribution in [0.2, 0.25) is 0 Å². The normalized spacial score (nSPS) is 11.3. The minimum absolute atomic E-state index is 0.00518. The third-order valence-electron chi connectivity index (χ3n) is 1.99. The second kappa shape index (κ2) is 5.68. The van der Waals surface area contributed by atoms with Gasteiger partial charge in [0.15, 0.2) is 0 Å². The lowest BCUT2D eigenvalue weighted by Crippen LogP contribution is -2.25. The fourth-order valence-electron chi connectivity index (χ4n) is 0.945. The maximum Gasteiger partial charge on any atom is 0.232 e. The SMILES string of the molecule is COc1nc(NCC(C)(C)CCl)ncc1Br. The van der Waals surface area contributed by atoms with Crippen LogP contribution in [0.3, 0.4) is 0 Å². The molecule has 0 radical (unpaired) electrons. The minimum atomic E-state index is 0.00518. The van der Waals surface area contributed by atoms with Crippen molar-refractivity contribution in [3.05, 3.63) is 10.7 Å². The lowest BCUT2D eigenvalue weighted by molar-refractivity contribution is 0.393. The molecule has 0 amide bonds. The Labute approximate surface area is 109 Å². The number of alkyl halides is 1. The molecule has 1 aromatic rings. The maximum absolute atomic E-state index is 5.83. The topological polar surface area (TPSA) is 47.0 Å². The van der Waals surface area contributed by atoms with Crippen molar-refractivity contribution in [2.24, 2.45) is 5.41 Å². The van der Waals surface area contributed by atoms with E-state index in [0.29, 0.717) is 24.3 Å². The Morgan fingerprint density at radius 2 is 2.25 bits per heavy atom. The summed E-state index contributed by atoms with van der Waals surface area (Å²) in [6.45, 7) is 4.85. The number of anilines is 1. The van der Waals surface area contributed by atoms with Crippen LogP contribution in [0.25, 0.3) is 0 Å². The molecule has 0 spiro atoms. The van der Waals surface area contributed by atoms with E-state index in [2.05, 4.69) is 45.1 Å². The molecular weight excluding hydrogens is 293 g/mol. The lowest BCUT2D eigenvalue weighted by Gasteiger charge is -2.21. The van der Waals surface area contributed by atoms with E-state index >= 15 is 0 Å². The predicted molar refractivity (Wildman–Crippen MR) is 69.3 cm³/mol. The van der Waals surface area contributed by atoms with Crippen LogP contribution in [0.4, 0.5) is 5.95 Å². The van der Waals surface area contributed by atoms with Gasteiger partial charge < -0.3 is 10.1 Å². The second-order valence-corrected chi connectivity index (χ2v) is 5.32. The van der Waals surface area contributed by atoms with Gasteiger partial charge in [0.2, 0.25) is 11.8 Å². The van der Waals surface area contributed by atoms with Gasteiger partial charge in [-0.05, 0) is 21.3 Å². The molecule has 0 unspecified atom stereocenters. The number of methoxy groups -OCH3 is 1. The fourth-order valence-corrected chi connectivity index (χ4v) is 1.39. The van der Waals surface area contributed by atoms with Crippen LogP contribution in [0, 0.1) is 5.41 Å². The first-order valence-electron chi connectivity index (χ1n) is 4.85. The summed E-state index contributed by atoms with van der Waals surface area (Å²) < 4.78 is 5.81. The second-order valence-electron chi connectivity index (χ2n) is 4.20. The van der Waals surface area contributed by atoms with Gasteiger partial charge in [-0.15, -0.1) is 11.6 Å². The van der Waals surface area contributed by atoms with Crippen molar-refractivity contribution in [3.8, 4) is 5.88 Å². The molecule has 0 bridgehead atoms. The molecule has 0 aliphatic carbocycles. The van der Waals surface area contributed by atoms with Crippen molar-refractivity contribution in [1.82, 2.24) is 9.97 Å². The van der Waals surface area contributed by atoms with Gasteiger partial charge in [-0.2, -0.15) is 4.98 Å². The Hall–Kier alpha value is -0.550. The van der Waals surface area contributed by atoms with E-state index in [9.17, 15) is 0 Å². The molecule has 90 valence electrons. The van der Waals surface area contributed by atoms with Gasteiger partial charge in [0.25, 0.3) is 0 Å². The van der Waals surface area contributed by atoms with Crippen molar-refractivity contribution in [2.75, 3.05) is 24.9 Å². The largest absolute Gasteiger partial charge is 0.480 e. The molecule has 1 rings (SSSR count). The van der Waals surface area contributed by atoms with Gasteiger partial charge >= 0.3 is 0 Å². The summed E-state index contributed by atoms with van der Waals surface area (Å²) in [4.78, 5) is 8.33. The molecule has 0 saturated carbocycles. The first kappa shape index (κ1) is 13.5. The van der Waals surface area contributed by atoms with Crippen molar-refractivity contribution in [1.29, 1.82) is 0 Å². The highest BCUT2D eigenvalue weighted by Crippen LogP contribution is 2.23. The van der Waals surface area contributed by atoms with Crippen LogP contribution in [0.5, 0.6) is 5.88 Å². The zero-order chi connectivity index (χ0) is 12.2. The monoisotopic (exact) mass is 307 g/mol. The molecule has 0 aromatic carbocycles. The summed E-state index contributed by atoms with van der Waals surface area (Å²) in [7, 11) is 1.57. The molecule has 1 N–H and O–H groups in total. The van der Waals surface area contributed by atoms with Gasteiger partial charge in [0.1, 0.15) is 0 Å². The third-order valence-corrected chi connectivity index (χ3v) is 3.26. The molecule has 0 aliphatic rings. The van der Waals surface area contributed by atoms with Gasteiger partial charge in [-0.1, -0.05) is 13.8 Å². The van der Waals surface area contributed by atoms with E-state index in [0.717, 1.165) is 4.47 Å². The highest BCUT2D eigenvalue weighted by atomic mass is 79.9. The summed E-state index contributed by atoms with van der Waals surface area (Å²) in [5, 5.41) is 3.13. The van der Waals surface area contributed by atoms with Crippen molar-refractivity contribution >= 4 is 33.5 Å². The average Bonchev–Trinajstić information content (AvgIpc) is 2.28. The quantitative estimate of drug-likeness (QED) is 0.850. The van der Waals surface area contributed by atoms with E-state index in [1.165, 1.54) is 0 Å². The zero-order valence-corrected chi connectivity index (χ0v) is 11.9. The Balaban J connectivity index is 2.68. The number of rotatable bonds is 5. The van der Waals surface area contributed by atoms with Gasteiger partial charge in [-0.3, -0.25) is 0 Å². The van der Waals surface area contributed by atoms with Crippen molar-refractivity contribution in [2.45, 2.75) is 13.8 Å². The Kier molecular flexibility index (Phi) is 4.80. The summed E-state index contributed by atoms with van der Waals surface area (Å²) >= 11 is 9.13. The van der Waals surface area contributed by atoms with Crippen LogP contribution in [-0.4, -0.2) is 29.5 Å². The van der Waals surface area contributed by atoms with E-state index in [-0.39, 0.29) is 5.41 Å². The molecule has 0 fully saturated rings. The number of hydrogen-bond acceptors (Lipinski definition) is 4. The first-order valence-corrected chi connectivity index (χ1v) is 6.17. The molecular formula is C10H15BrClN3O. The van der Waals surface area contributed by atoms with Crippen molar-refractivity contribution < 1.29 is 4.74 Å². The van der Waals surface area contributed by atoms with Crippen LogP contribution in [0.1, 0.15) is 13.8 Å². The summed E-state index contributed by atoms with van der Waals surface area (Å²) in [6, 6.07) is 0. The predicted octanol–water partition coefficient (Wildman–Crippen LogP) is 2.92. The first-order chi connectivity index (χ1) is 7.48. The van der Waals surface area contributed by atoms with E-state index in [1.54, 1.807) is 13.3 Å². The third kappa shape index (κ3) is 3.79. The van der Waals surface area contributed by atoms with Crippen LogP contribution < -0.4 is 10.1 Å². The van der Waals surface area contributed by atoms with E-state index < -0.39 is 0 Å². The number of halogens is 2. The zero-order valence-electron chi connectivity index (χ0n) is 9.55. The summed E-state index contributed by atoms with van der Waals surface area (Å²) in [5.41, 5.74) is 0.00518. The average molecular weight is 309 g/mol. The van der Waals surface area contributed by atoms with Gasteiger partial charge in [0.05, 0.1) is 17.8 Å².